The van der Waals surface area contributed by atoms with E-state index in [-0.39, 0.29) is 40.0 Å². The zero-order valence-corrected chi connectivity index (χ0v) is 21.4. The van der Waals surface area contributed by atoms with E-state index in [0.29, 0.717) is 25.3 Å². The molecule has 0 aromatic heterocycles. The third-order valence-corrected chi connectivity index (χ3v) is 9.17. The molecule has 7 nitrogen and oxygen atoms in total. The third-order valence-electron chi connectivity index (χ3n) is 8.06. The average molecular weight is 555 g/mol. The number of carbonyl (C=O) groups is 2. The Bertz CT molecular complexity index is 1440. The summed E-state index contributed by atoms with van der Waals surface area (Å²) in [6.45, 7) is 0. The number of benzene rings is 2. The highest BCUT2D eigenvalue weighted by molar-refractivity contribution is 7.90. The van der Waals surface area contributed by atoms with Crippen LogP contribution < -0.4 is 10.5 Å². The van der Waals surface area contributed by atoms with Gasteiger partial charge in [-0.25, -0.2) is 12.8 Å². The summed E-state index contributed by atoms with van der Waals surface area (Å²) in [7, 11) is -2.39. The van der Waals surface area contributed by atoms with Crippen LogP contribution in [-0.4, -0.2) is 50.1 Å². The molecule has 1 heterocycles. The van der Waals surface area contributed by atoms with Crippen molar-refractivity contribution in [2.24, 2.45) is 17.6 Å². The Labute approximate surface area is 216 Å². The lowest BCUT2D eigenvalue weighted by atomic mass is 9.82. The molecule has 5 rings (SSSR count). The van der Waals surface area contributed by atoms with Crippen molar-refractivity contribution in [2.75, 3.05) is 13.4 Å². The SMILES string of the molecule is COc1ccc(S(C)(=O)=O)cc1C(=O)N1C(C(N)=O)CC2CC21[C@@H](c1ccc(C(F)(F)F)cc1F)C1CC1. The number of likely N-dealkylation sites (tertiary alicyclic amines) is 1. The Morgan fingerprint density at radius 2 is 1.84 bits per heavy atom. The molecule has 2 amide bonds. The predicted octanol–water partition coefficient (Wildman–Crippen LogP) is 3.91. The van der Waals surface area contributed by atoms with E-state index >= 15 is 4.39 Å². The highest BCUT2D eigenvalue weighted by Gasteiger charge is 2.73. The second kappa shape index (κ2) is 8.69. The van der Waals surface area contributed by atoms with Gasteiger partial charge in [-0.2, -0.15) is 13.2 Å². The van der Waals surface area contributed by atoms with Crippen LogP contribution in [0.25, 0.3) is 0 Å². The first kappa shape index (κ1) is 26.5. The number of fused-ring (bicyclic) bond motifs is 1. The molecule has 2 aliphatic carbocycles. The monoisotopic (exact) mass is 554 g/mol. The first-order chi connectivity index (χ1) is 17.7. The van der Waals surface area contributed by atoms with Gasteiger partial charge in [0.1, 0.15) is 17.6 Å². The van der Waals surface area contributed by atoms with Crippen molar-refractivity contribution in [3.8, 4) is 5.75 Å². The molecule has 4 atom stereocenters. The first-order valence-electron chi connectivity index (χ1n) is 12.1. The highest BCUT2D eigenvalue weighted by atomic mass is 32.2. The number of carbonyl (C=O) groups excluding carboxylic acids is 2. The van der Waals surface area contributed by atoms with Crippen molar-refractivity contribution < 1.29 is 40.3 Å². The van der Waals surface area contributed by atoms with Crippen LogP contribution in [0, 0.1) is 17.7 Å². The van der Waals surface area contributed by atoms with Crippen molar-refractivity contribution in [1.82, 2.24) is 4.90 Å². The number of nitrogens with zero attached hydrogens (tertiary/aromatic N) is 1. The fourth-order valence-corrected chi connectivity index (χ4v) is 6.87. The minimum atomic E-state index is -4.72. The van der Waals surface area contributed by atoms with Crippen LogP contribution in [0.4, 0.5) is 17.6 Å². The third kappa shape index (κ3) is 4.22. The first-order valence-corrected chi connectivity index (χ1v) is 14.0. The maximum atomic E-state index is 15.3. The van der Waals surface area contributed by atoms with Crippen molar-refractivity contribution in [3.05, 3.63) is 58.9 Å². The molecule has 2 saturated carbocycles. The molecule has 38 heavy (non-hydrogen) atoms. The van der Waals surface area contributed by atoms with Gasteiger partial charge in [0.15, 0.2) is 9.84 Å². The maximum absolute atomic E-state index is 15.3. The summed E-state index contributed by atoms with van der Waals surface area (Å²) in [5.74, 6) is -3.40. The standard InChI is InChI=1S/C26H26F4N2O5S/c1-37-21-8-6-16(38(2,35)36)11-18(21)24(34)32-20(23(31)33)10-15-12-25(15,32)22(13-3-4-13)17-7-5-14(9-19(17)27)26(28,29)30/h5-9,11,13,15,20,22H,3-4,10,12H2,1-2H3,(H2,31,33)/t15?,20?,22-,25?/m1/s1. The number of ether oxygens (including phenoxy) is 1. The number of sulfone groups is 1. The molecule has 3 fully saturated rings. The largest absolute Gasteiger partial charge is 0.496 e. The Morgan fingerprint density at radius 3 is 2.37 bits per heavy atom. The summed E-state index contributed by atoms with van der Waals surface area (Å²) in [5.41, 5.74) is 3.47. The lowest BCUT2D eigenvalue weighted by Crippen LogP contribution is -2.53. The molecule has 0 radical (unpaired) electrons. The van der Waals surface area contributed by atoms with Gasteiger partial charge in [-0.1, -0.05) is 6.07 Å². The molecule has 0 spiro atoms. The van der Waals surface area contributed by atoms with Gasteiger partial charge in [0.2, 0.25) is 5.91 Å². The van der Waals surface area contributed by atoms with E-state index in [1.54, 1.807) is 0 Å². The Hall–Kier alpha value is -3.15. The van der Waals surface area contributed by atoms with Gasteiger partial charge in [-0.15, -0.1) is 0 Å². The topological polar surface area (TPSA) is 107 Å². The number of nitrogens with two attached hydrogens (primary N) is 1. The summed E-state index contributed by atoms with van der Waals surface area (Å²) in [5, 5.41) is 0. The van der Waals surface area contributed by atoms with Crippen molar-refractivity contribution in [1.29, 1.82) is 0 Å². The molecular formula is C26H26F4N2O5S. The van der Waals surface area contributed by atoms with Crippen LogP contribution >= 0.6 is 0 Å². The quantitative estimate of drug-likeness (QED) is 0.523. The second-order valence-electron chi connectivity index (χ2n) is 10.4. The average Bonchev–Trinajstić information content (AvgIpc) is 3.76. The number of piperidine rings is 1. The zero-order valence-electron chi connectivity index (χ0n) is 20.6. The lowest BCUT2D eigenvalue weighted by Gasteiger charge is -2.39. The van der Waals surface area contributed by atoms with E-state index in [1.165, 1.54) is 30.2 Å². The van der Waals surface area contributed by atoms with Crippen molar-refractivity contribution >= 4 is 21.7 Å². The number of halogens is 4. The number of hydrogen-bond donors (Lipinski definition) is 1. The molecule has 3 unspecified atom stereocenters. The minimum absolute atomic E-state index is 0.0581. The Morgan fingerprint density at radius 1 is 1.16 bits per heavy atom. The van der Waals surface area contributed by atoms with Crippen LogP contribution in [0.1, 0.15) is 53.1 Å². The number of methoxy groups -OCH3 is 1. The number of primary amides is 1. The van der Waals surface area contributed by atoms with Gasteiger partial charge in [0.25, 0.3) is 5.91 Å². The molecule has 2 aromatic rings. The number of rotatable bonds is 7. The molecular weight excluding hydrogens is 528 g/mol. The van der Waals surface area contributed by atoms with E-state index in [0.717, 1.165) is 18.4 Å². The van der Waals surface area contributed by atoms with Crippen molar-refractivity contribution in [3.63, 3.8) is 0 Å². The van der Waals surface area contributed by atoms with Crippen LogP contribution in [0.15, 0.2) is 41.3 Å². The summed E-state index contributed by atoms with van der Waals surface area (Å²) >= 11 is 0. The van der Waals surface area contributed by atoms with Crippen LogP contribution in [0.2, 0.25) is 0 Å². The molecule has 204 valence electrons. The summed E-state index contributed by atoms with van der Waals surface area (Å²) < 4.78 is 84.6. The normalized spacial score (nSPS) is 25.6. The molecule has 12 heteroatoms. The number of amides is 2. The van der Waals surface area contributed by atoms with Gasteiger partial charge < -0.3 is 15.4 Å². The van der Waals surface area contributed by atoms with Gasteiger partial charge in [-0.05, 0) is 73.4 Å². The fraction of sp³-hybridized carbons (Fsp3) is 0.462. The van der Waals surface area contributed by atoms with Crippen LogP contribution in [0.3, 0.4) is 0 Å². The molecule has 0 bridgehead atoms. The predicted molar refractivity (Wildman–Crippen MR) is 128 cm³/mol. The molecule has 1 aliphatic heterocycles. The van der Waals surface area contributed by atoms with Crippen LogP contribution in [0.5, 0.6) is 5.75 Å². The highest BCUT2D eigenvalue weighted by Crippen LogP contribution is 2.69. The summed E-state index contributed by atoms with van der Waals surface area (Å²) in [4.78, 5) is 27.8. The van der Waals surface area contributed by atoms with E-state index in [4.69, 9.17) is 10.5 Å². The van der Waals surface area contributed by atoms with E-state index in [2.05, 4.69) is 0 Å². The summed E-state index contributed by atoms with van der Waals surface area (Å²) in [6.07, 6.45) is -1.72. The molecule has 2 N–H and O–H groups in total. The number of hydrogen-bond acceptors (Lipinski definition) is 5. The zero-order chi connectivity index (χ0) is 27.8. The van der Waals surface area contributed by atoms with E-state index < -0.39 is 56.7 Å². The van der Waals surface area contributed by atoms with Gasteiger partial charge in [0.05, 0.1) is 28.7 Å². The Balaban J connectivity index is 1.64. The maximum Gasteiger partial charge on any atom is 0.416 e. The van der Waals surface area contributed by atoms with Gasteiger partial charge >= 0.3 is 6.18 Å². The number of alkyl halides is 3. The van der Waals surface area contributed by atoms with E-state index in [1.807, 2.05) is 0 Å². The summed E-state index contributed by atoms with van der Waals surface area (Å²) in [6, 6.07) is 5.16. The van der Waals surface area contributed by atoms with Gasteiger partial charge in [0, 0.05) is 12.2 Å². The molecule has 3 aliphatic rings. The second-order valence-corrected chi connectivity index (χ2v) is 12.4. The molecule has 1 saturated heterocycles. The lowest BCUT2D eigenvalue weighted by molar-refractivity contribution is -0.137. The van der Waals surface area contributed by atoms with Crippen molar-refractivity contribution in [2.45, 2.75) is 54.3 Å². The Kier molecular flexibility index (Phi) is 6.05. The fourth-order valence-electron chi connectivity index (χ4n) is 6.22. The molecule has 2 aromatic carbocycles. The van der Waals surface area contributed by atoms with Gasteiger partial charge in [-0.3, -0.25) is 9.59 Å². The smallest absolute Gasteiger partial charge is 0.416 e. The van der Waals surface area contributed by atoms with E-state index in [9.17, 15) is 31.2 Å². The van der Waals surface area contributed by atoms with Crippen LogP contribution in [-0.2, 0) is 20.8 Å². The minimum Gasteiger partial charge on any atom is -0.496 e.